The second-order valence-corrected chi connectivity index (χ2v) is 7.23. The molecule has 0 radical (unpaired) electrons. The molecule has 1 aromatic rings. The SMILES string of the molecule is C=CC1=CC[C@H]2C(=O)C(C)=CC(=O)[C@@]2(C)[C@H]1c1c(O)cc(OC)cc1OC. The number of methoxy groups -OCH3 is 2. The van der Waals surface area contributed by atoms with E-state index >= 15 is 0 Å². The normalized spacial score (nSPS) is 27.4. The number of ketones is 2. The van der Waals surface area contributed by atoms with E-state index in [0.29, 0.717) is 29.1 Å². The Hall–Kier alpha value is -2.82. The van der Waals surface area contributed by atoms with Gasteiger partial charge in [0.15, 0.2) is 11.6 Å². The number of benzene rings is 1. The van der Waals surface area contributed by atoms with Crippen LogP contribution in [0.5, 0.6) is 17.2 Å². The van der Waals surface area contributed by atoms with Crippen LogP contribution in [0.3, 0.4) is 0 Å². The topological polar surface area (TPSA) is 72.8 Å². The van der Waals surface area contributed by atoms with E-state index in [1.165, 1.54) is 26.4 Å². The maximum Gasteiger partial charge on any atom is 0.163 e. The zero-order valence-corrected chi connectivity index (χ0v) is 16.0. The molecule has 0 spiro atoms. The van der Waals surface area contributed by atoms with E-state index in [1.807, 2.05) is 6.08 Å². The largest absolute Gasteiger partial charge is 0.507 e. The molecule has 0 aliphatic heterocycles. The lowest BCUT2D eigenvalue weighted by Crippen LogP contribution is -2.49. The first-order valence-corrected chi connectivity index (χ1v) is 8.83. The third kappa shape index (κ3) is 2.69. The lowest BCUT2D eigenvalue weighted by Gasteiger charge is -2.47. The lowest BCUT2D eigenvalue weighted by molar-refractivity contribution is -0.137. The summed E-state index contributed by atoms with van der Waals surface area (Å²) < 4.78 is 10.7. The predicted molar refractivity (Wildman–Crippen MR) is 102 cm³/mol. The number of Topliss-reactive ketones (excluding diaryl/α,β-unsaturated/α-hetero) is 1. The van der Waals surface area contributed by atoms with Crippen LogP contribution in [0.25, 0.3) is 0 Å². The Morgan fingerprint density at radius 1 is 1.26 bits per heavy atom. The number of hydrogen-bond acceptors (Lipinski definition) is 5. The fourth-order valence-electron chi connectivity index (χ4n) is 4.39. The maximum absolute atomic E-state index is 13.1. The molecule has 27 heavy (non-hydrogen) atoms. The maximum atomic E-state index is 13.1. The molecular weight excluding hydrogens is 344 g/mol. The first kappa shape index (κ1) is 19.0. The Morgan fingerprint density at radius 3 is 2.56 bits per heavy atom. The summed E-state index contributed by atoms with van der Waals surface area (Å²) in [5.74, 6) is -0.412. The van der Waals surface area contributed by atoms with Crippen LogP contribution < -0.4 is 9.47 Å². The van der Waals surface area contributed by atoms with Gasteiger partial charge in [-0.15, -0.1) is 0 Å². The fourth-order valence-corrected chi connectivity index (χ4v) is 4.39. The van der Waals surface area contributed by atoms with Gasteiger partial charge >= 0.3 is 0 Å². The molecule has 0 bridgehead atoms. The monoisotopic (exact) mass is 368 g/mol. The Morgan fingerprint density at radius 2 is 1.96 bits per heavy atom. The van der Waals surface area contributed by atoms with Crippen molar-refractivity contribution in [3.8, 4) is 17.2 Å². The fraction of sp³-hybridized carbons (Fsp3) is 0.364. The third-order valence-corrected chi connectivity index (χ3v) is 5.90. The molecule has 0 saturated carbocycles. The minimum absolute atomic E-state index is 0.0339. The average molecular weight is 368 g/mol. The minimum atomic E-state index is -1.03. The second kappa shape index (κ2) is 6.72. The molecule has 1 aromatic carbocycles. The number of hydrogen-bond donors (Lipinski definition) is 1. The summed E-state index contributed by atoms with van der Waals surface area (Å²) in [5.41, 5.74) is 0.698. The van der Waals surface area contributed by atoms with Crippen molar-refractivity contribution < 1.29 is 24.2 Å². The van der Waals surface area contributed by atoms with Crippen molar-refractivity contribution in [2.24, 2.45) is 11.3 Å². The van der Waals surface area contributed by atoms with Gasteiger partial charge in [-0.05, 0) is 30.6 Å². The molecule has 5 heteroatoms. The molecule has 0 heterocycles. The number of rotatable bonds is 4. The van der Waals surface area contributed by atoms with Crippen LogP contribution in [0.4, 0.5) is 0 Å². The molecule has 5 nitrogen and oxygen atoms in total. The number of allylic oxidation sites excluding steroid dienone is 5. The molecule has 0 amide bonds. The second-order valence-electron chi connectivity index (χ2n) is 7.23. The summed E-state index contributed by atoms with van der Waals surface area (Å²) >= 11 is 0. The minimum Gasteiger partial charge on any atom is -0.507 e. The number of aromatic hydroxyl groups is 1. The Labute approximate surface area is 159 Å². The van der Waals surface area contributed by atoms with Crippen LogP contribution in [-0.4, -0.2) is 30.9 Å². The molecule has 0 unspecified atom stereocenters. The van der Waals surface area contributed by atoms with Crippen LogP contribution in [0.2, 0.25) is 0 Å². The summed E-state index contributed by atoms with van der Waals surface area (Å²) in [6.07, 6.45) is 5.49. The zero-order valence-electron chi connectivity index (χ0n) is 16.0. The number of carbonyl (C=O) groups is 2. The van der Waals surface area contributed by atoms with Crippen molar-refractivity contribution in [1.29, 1.82) is 0 Å². The van der Waals surface area contributed by atoms with Crippen molar-refractivity contribution in [2.45, 2.75) is 26.2 Å². The highest BCUT2D eigenvalue weighted by molar-refractivity contribution is 6.13. The van der Waals surface area contributed by atoms with E-state index < -0.39 is 17.3 Å². The van der Waals surface area contributed by atoms with E-state index in [4.69, 9.17) is 9.47 Å². The van der Waals surface area contributed by atoms with Crippen LogP contribution >= 0.6 is 0 Å². The van der Waals surface area contributed by atoms with Crippen LogP contribution in [0.15, 0.2) is 48.1 Å². The van der Waals surface area contributed by atoms with Crippen LogP contribution in [0.1, 0.15) is 31.7 Å². The van der Waals surface area contributed by atoms with Crippen LogP contribution in [-0.2, 0) is 9.59 Å². The highest BCUT2D eigenvalue weighted by Crippen LogP contribution is 2.58. The molecule has 0 saturated heterocycles. The van der Waals surface area contributed by atoms with E-state index in [1.54, 1.807) is 26.0 Å². The van der Waals surface area contributed by atoms with Gasteiger partial charge in [0.05, 0.1) is 19.6 Å². The van der Waals surface area contributed by atoms with Crippen molar-refractivity contribution in [3.63, 3.8) is 0 Å². The molecular formula is C22H24O5. The van der Waals surface area contributed by atoms with Gasteiger partial charge in [-0.25, -0.2) is 0 Å². The number of ether oxygens (including phenoxy) is 2. The quantitative estimate of drug-likeness (QED) is 0.877. The molecule has 0 aromatic heterocycles. The molecule has 2 aliphatic rings. The summed E-state index contributed by atoms with van der Waals surface area (Å²) in [6, 6.07) is 3.15. The highest BCUT2D eigenvalue weighted by atomic mass is 16.5. The van der Waals surface area contributed by atoms with E-state index in [2.05, 4.69) is 6.58 Å². The number of fused-ring (bicyclic) bond motifs is 1. The van der Waals surface area contributed by atoms with Gasteiger partial charge in [0, 0.05) is 29.5 Å². The van der Waals surface area contributed by atoms with Crippen molar-refractivity contribution in [3.05, 3.63) is 53.6 Å². The Balaban J connectivity index is 2.31. The first-order valence-electron chi connectivity index (χ1n) is 8.83. The first-order chi connectivity index (χ1) is 12.8. The van der Waals surface area contributed by atoms with Gasteiger partial charge in [0.1, 0.15) is 17.2 Å². The van der Waals surface area contributed by atoms with Crippen molar-refractivity contribution >= 4 is 11.6 Å². The molecule has 3 atom stereocenters. The van der Waals surface area contributed by atoms with Gasteiger partial charge in [-0.1, -0.05) is 25.7 Å². The lowest BCUT2D eigenvalue weighted by atomic mass is 9.53. The molecule has 2 aliphatic carbocycles. The molecule has 3 rings (SSSR count). The predicted octanol–water partition coefficient (Wildman–Crippen LogP) is 3.73. The summed E-state index contributed by atoms with van der Waals surface area (Å²) in [6.45, 7) is 7.35. The number of phenolic OH excluding ortho intramolecular Hbond substituents is 1. The average Bonchev–Trinajstić information content (AvgIpc) is 2.65. The third-order valence-electron chi connectivity index (χ3n) is 5.90. The van der Waals surface area contributed by atoms with Crippen molar-refractivity contribution in [1.82, 2.24) is 0 Å². The molecule has 1 N–H and O–H groups in total. The summed E-state index contributed by atoms with van der Waals surface area (Å²) in [4.78, 5) is 26.0. The van der Waals surface area contributed by atoms with Gasteiger partial charge in [-0.2, -0.15) is 0 Å². The summed E-state index contributed by atoms with van der Waals surface area (Å²) in [5, 5.41) is 10.8. The zero-order chi connectivity index (χ0) is 19.9. The van der Waals surface area contributed by atoms with Crippen molar-refractivity contribution in [2.75, 3.05) is 14.2 Å². The van der Waals surface area contributed by atoms with Gasteiger partial charge in [0.2, 0.25) is 0 Å². The number of carbonyl (C=O) groups excluding carboxylic acids is 2. The van der Waals surface area contributed by atoms with Gasteiger partial charge < -0.3 is 14.6 Å². The molecule has 0 fully saturated rings. The Bertz CT molecular complexity index is 892. The van der Waals surface area contributed by atoms with E-state index in [0.717, 1.165) is 5.57 Å². The Kier molecular flexibility index (Phi) is 4.72. The number of phenols is 1. The van der Waals surface area contributed by atoms with Crippen LogP contribution in [0, 0.1) is 11.3 Å². The van der Waals surface area contributed by atoms with Gasteiger partial charge in [0.25, 0.3) is 0 Å². The van der Waals surface area contributed by atoms with Gasteiger partial charge in [-0.3, -0.25) is 9.59 Å². The highest BCUT2D eigenvalue weighted by Gasteiger charge is 2.55. The standard InChI is InChI=1S/C22H24O5/c1-6-13-7-8-15-21(25)12(2)9-18(24)22(15,3)20(13)19-16(23)10-14(26-4)11-17(19)27-5/h6-7,9-11,15,20,23H,1,8H2,2-5H3/t15-,20+,22-/m0/s1. The van der Waals surface area contributed by atoms with E-state index in [-0.39, 0.29) is 17.3 Å². The summed E-state index contributed by atoms with van der Waals surface area (Å²) in [7, 11) is 2.99. The van der Waals surface area contributed by atoms with E-state index in [9.17, 15) is 14.7 Å². The smallest absolute Gasteiger partial charge is 0.163 e. The molecule has 142 valence electrons.